The van der Waals surface area contributed by atoms with Crippen LogP contribution in [0.3, 0.4) is 0 Å². The maximum absolute atomic E-state index is 6.36. The maximum Gasteiger partial charge on any atom is 0.0412 e. The first-order valence-electron chi connectivity index (χ1n) is 10.6. The largest absolute Gasteiger partial charge is 0.0895 e. The molecule has 0 fully saturated rings. The minimum absolute atomic E-state index is 0.743. The predicted molar refractivity (Wildman–Crippen MR) is 138 cm³/mol. The zero-order valence-electron chi connectivity index (χ0n) is 17.4. The molecule has 0 radical (unpaired) electrons. The molecule has 0 aliphatic carbocycles. The van der Waals surface area contributed by atoms with Gasteiger partial charge in [-0.05, 0) is 63.7 Å². The van der Waals surface area contributed by atoms with E-state index in [9.17, 15) is 0 Å². The molecule has 0 aliphatic heterocycles. The predicted octanol–water partition coefficient (Wildman–Crippen LogP) is 9.49. The van der Waals surface area contributed by atoms with Crippen molar-refractivity contribution in [3.05, 3.63) is 132 Å². The summed E-state index contributed by atoms with van der Waals surface area (Å²) in [6.45, 7) is 0. The van der Waals surface area contributed by atoms with Crippen molar-refractivity contribution in [3.63, 3.8) is 0 Å². The highest BCUT2D eigenvalue weighted by molar-refractivity contribution is 7.99. The van der Waals surface area contributed by atoms with Crippen molar-refractivity contribution in [1.82, 2.24) is 0 Å². The zero-order chi connectivity index (χ0) is 21.8. The van der Waals surface area contributed by atoms with Gasteiger partial charge in [0.15, 0.2) is 0 Å². The topological polar surface area (TPSA) is 0 Å². The first-order valence-corrected chi connectivity index (χ1v) is 11.8. The molecular weight excluding hydrogens is 428 g/mol. The van der Waals surface area contributed by atoms with Crippen LogP contribution < -0.4 is 0 Å². The van der Waals surface area contributed by atoms with Gasteiger partial charge in [-0.3, -0.25) is 0 Å². The molecule has 0 aromatic heterocycles. The molecule has 0 atom stereocenters. The van der Waals surface area contributed by atoms with Crippen molar-refractivity contribution in [3.8, 4) is 33.4 Å². The normalized spacial score (nSPS) is 10.8. The van der Waals surface area contributed by atoms with Crippen molar-refractivity contribution >= 4 is 23.4 Å². The van der Waals surface area contributed by atoms with Crippen LogP contribution in [0.2, 0.25) is 5.02 Å². The Labute approximate surface area is 198 Å². The standard InChI is InChI=1S/C30H21ClS/c31-24-14-9-13-23(21-24)26-18-10-19-28(30(26)22-11-3-1-4-12-22)27-17-7-8-20-29(27)32-25-15-5-2-6-16-25/h1-21H. The Balaban J connectivity index is 1.73. The zero-order valence-corrected chi connectivity index (χ0v) is 19.0. The van der Waals surface area contributed by atoms with E-state index < -0.39 is 0 Å². The monoisotopic (exact) mass is 448 g/mol. The molecule has 0 heterocycles. The van der Waals surface area contributed by atoms with Crippen molar-refractivity contribution in [2.75, 3.05) is 0 Å². The highest BCUT2D eigenvalue weighted by Crippen LogP contribution is 2.44. The Hall–Kier alpha value is -3.26. The molecule has 154 valence electrons. The number of hydrogen-bond donors (Lipinski definition) is 0. The van der Waals surface area contributed by atoms with E-state index >= 15 is 0 Å². The van der Waals surface area contributed by atoms with E-state index in [1.54, 1.807) is 11.8 Å². The number of hydrogen-bond acceptors (Lipinski definition) is 1. The van der Waals surface area contributed by atoms with Gasteiger partial charge in [0.05, 0.1) is 0 Å². The van der Waals surface area contributed by atoms with Gasteiger partial charge in [-0.1, -0.05) is 120 Å². The van der Waals surface area contributed by atoms with E-state index in [1.807, 2.05) is 18.2 Å². The molecule has 32 heavy (non-hydrogen) atoms. The van der Waals surface area contributed by atoms with Crippen LogP contribution in [0.15, 0.2) is 137 Å². The van der Waals surface area contributed by atoms with Crippen LogP contribution in [0.4, 0.5) is 0 Å². The molecule has 5 aromatic carbocycles. The first kappa shape index (κ1) is 20.6. The van der Waals surface area contributed by atoms with E-state index in [1.165, 1.54) is 37.6 Å². The number of rotatable bonds is 5. The van der Waals surface area contributed by atoms with Gasteiger partial charge in [0.1, 0.15) is 0 Å². The smallest absolute Gasteiger partial charge is 0.0412 e. The van der Waals surface area contributed by atoms with Crippen molar-refractivity contribution in [2.45, 2.75) is 9.79 Å². The van der Waals surface area contributed by atoms with Gasteiger partial charge in [-0.25, -0.2) is 0 Å². The number of halogens is 1. The highest BCUT2D eigenvalue weighted by Gasteiger charge is 2.16. The summed E-state index contributed by atoms with van der Waals surface area (Å²) in [6, 6.07) is 44.4. The molecule has 0 saturated heterocycles. The first-order chi connectivity index (χ1) is 15.8. The van der Waals surface area contributed by atoms with Crippen LogP contribution in [-0.2, 0) is 0 Å². The summed E-state index contributed by atoms with van der Waals surface area (Å²) in [5.74, 6) is 0. The molecule has 0 N–H and O–H groups in total. The van der Waals surface area contributed by atoms with Crippen LogP contribution >= 0.6 is 23.4 Å². The van der Waals surface area contributed by atoms with Crippen molar-refractivity contribution in [2.24, 2.45) is 0 Å². The summed E-state index contributed by atoms with van der Waals surface area (Å²) in [7, 11) is 0. The molecule has 5 rings (SSSR count). The van der Waals surface area contributed by atoms with Gasteiger partial charge in [0.2, 0.25) is 0 Å². The van der Waals surface area contributed by atoms with Crippen molar-refractivity contribution < 1.29 is 0 Å². The summed E-state index contributed by atoms with van der Waals surface area (Å²) in [6.07, 6.45) is 0. The Bertz CT molecular complexity index is 1340. The molecule has 2 heteroatoms. The van der Waals surface area contributed by atoms with Crippen LogP contribution in [0.25, 0.3) is 33.4 Å². The van der Waals surface area contributed by atoms with E-state index in [2.05, 4.69) is 109 Å². The summed E-state index contributed by atoms with van der Waals surface area (Å²) in [4.78, 5) is 2.46. The van der Waals surface area contributed by atoms with Gasteiger partial charge in [-0.15, -0.1) is 0 Å². The van der Waals surface area contributed by atoms with Crippen LogP contribution in [0.5, 0.6) is 0 Å². The van der Waals surface area contributed by atoms with Crippen molar-refractivity contribution in [1.29, 1.82) is 0 Å². The summed E-state index contributed by atoms with van der Waals surface area (Å²) >= 11 is 8.16. The molecule has 5 aromatic rings. The Kier molecular flexibility index (Phi) is 6.11. The third-order valence-corrected chi connectivity index (χ3v) is 6.73. The lowest BCUT2D eigenvalue weighted by Gasteiger charge is -2.18. The summed E-state index contributed by atoms with van der Waals surface area (Å²) in [5.41, 5.74) is 7.15. The maximum atomic E-state index is 6.36. The molecule has 0 spiro atoms. The second-order valence-corrected chi connectivity index (χ2v) is 9.07. The van der Waals surface area contributed by atoms with Gasteiger partial charge in [0.25, 0.3) is 0 Å². The lowest BCUT2D eigenvalue weighted by molar-refractivity contribution is 1.40. The highest BCUT2D eigenvalue weighted by atomic mass is 35.5. The van der Waals surface area contributed by atoms with E-state index in [-0.39, 0.29) is 0 Å². The average molecular weight is 449 g/mol. The van der Waals surface area contributed by atoms with Crippen LogP contribution in [0.1, 0.15) is 0 Å². The quantitative estimate of drug-likeness (QED) is 0.258. The van der Waals surface area contributed by atoms with Crippen LogP contribution in [-0.4, -0.2) is 0 Å². The minimum Gasteiger partial charge on any atom is -0.0895 e. The van der Waals surface area contributed by atoms with Gasteiger partial charge >= 0.3 is 0 Å². The van der Waals surface area contributed by atoms with Gasteiger partial charge in [-0.2, -0.15) is 0 Å². The number of benzene rings is 5. The van der Waals surface area contributed by atoms with E-state index in [0.717, 1.165) is 10.6 Å². The minimum atomic E-state index is 0.743. The van der Waals surface area contributed by atoms with Crippen LogP contribution in [0, 0.1) is 0 Å². The fourth-order valence-corrected chi connectivity index (χ4v) is 5.15. The Morgan fingerprint density at radius 1 is 0.469 bits per heavy atom. The average Bonchev–Trinajstić information content (AvgIpc) is 2.85. The summed E-state index contributed by atoms with van der Waals surface area (Å²) < 4.78 is 0. The lowest BCUT2D eigenvalue weighted by Crippen LogP contribution is -1.92. The van der Waals surface area contributed by atoms with E-state index in [0.29, 0.717) is 0 Å². The molecule has 0 bridgehead atoms. The molecule has 0 nitrogen and oxygen atoms in total. The second-order valence-electron chi connectivity index (χ2n) is 7.52. The van der Waals surface area contributed by atoms with Gasteiger partial charge in [0, 0.05) is 14.8 Å². The second kappa shape index (κ2) is 9.48. The third kappa shape index (κ3) is 4.36. The molecule has 0 unspecified atom stereocenters. The lowest BCUT2D eigenvalue weighted by atomic mass is 9.87. The van der Waals surface area contributed by atoms with Gasteiger partial charge < -0.3 is 0 Å². The third-order valence-electron chi connectivity index (χ3n) is 5.41. The Morgan fingerprint density at radius 3 is 1.84 bits per heavy atom. The molecule has 0 aliphatic rings. The molecule has 0 saturated carbocycles. The van der Waals surface area contributed by atoms with E-state index in [4.69, 9.17) is 11.6 Å². The molecule has 0 amide bonds. The Morgan fingerprint density at radius 2 is 1.06 bits per heavy atom. The molecular formula is C30H21ClS. The fourth-order valence-electron chi connectivity index (χ4n) is 3.98. The SMILES string of the molecule is Clc1cccc(-c2cccc(-c3ccccc3Sc3ccccc3)c2-c2ccccc2)c1. The summed E-state index contributed by atoms with van der Waals surface area (Å²) in [5, 5.41) is 0.743. The fraction of sp³-hybridized carbons (Fsp3) is 0.